The lowest BCUT2D eigenvalue weighted by Crippen LogP contribution is -2.25. The Balaban J connectivity index is 2.33. The maximum Gasteiger partial charge on any atom is 0.0705 e. The molecule has 0 fully saturated rings. The number of hydrogen-bond acceptors (Lipinski definition) is 2. The molecule has 0 aliphatic heterocycles. The van der Waals surface area contributed by atoms with Gasteiger partial charge in [-0.3, -0.25) is 4.98 Å². The summed E-state index contributed by atoms with van der Waals surface area (Å²) in [6.07, 6.45) is 2.98. The van der Waals surface area contributed by atoms with Crippen LogP contribution in [0, 0.1) is 5.41 Å². The number of pyridine rings is 1. The van der Waals surface area contributed by atoms with Crippen LogP contribution in [-0.4, -0.2) is 11.5 Å². The molecule has 0 amide bonds. The van der Waals surface area contributed by atoms with Crippen LogP contribution in [0.5, 0.6) is 0 Å². The van der Waals surface area contributed by atoms with Crippen molar-refractivity contribution in [2.24, 2.45) is 5.41 Å². The van der Waals surface area contributed by atoms with E-state index >= 15 is 0 Å². The van der Waals surface area contributed by atoms with Gasteiger partial charge in [-0.15, -0.1) is 0 Å². The maximum atomic E-state index is 4.45. The second-order valence-electron chi connectivity index (χ2n) is 6.33. The van der Waals surface area contributed by atoms with E-state index in [1.54, 1.807) is 0 Å². The van der Waals surface area contributed by atoms with Gasteiger partial charge in [0.2, 0.25) is 0 Å². The number of benzene rings is 1. The fraction of sp³-hybridized carbons (Fsp3) is 0.471. The van der Waals surface area contributed by atoms with E-state index in [1.165, 1.54) is 10.9 Å². The predicted molar refractivity (Wildman–Crippen MR) is 82.2 cm³/mol. The normalized spacial score (nSPS) is 13.7. The maximum absolute atomic E-state index is 4.45. The molecule has 0 radical (unpaired) electrons. The van der Waals surface area contributed by atoms with E-state index < -0.39 is 0 Å². The Hall–Kier alpha value is -1.41. The van der Waals surface area contributed by atoms with E-state index in [1.807, 2.05) is 12.3 Å². The van der Waals surface area contributed by atoms with Gasteiger partial charge in [-0.2, -0.15) is 0 Å². The molecule has 2 aromatic rings. The topological polar surface area (TPSA) is 24.9 Å². The van der Waals surface area contributed by atoms with Crippen LogP contribution >= 0.6 is 0 Å². The molecule has 1 heterocycles. The second kappa shape index (κ2) is 5.70. The summed E-state index contributed by atoms with van der Waals surface area (Å²) in [7, 11) is 0. The van der Waals surface area contributed by atoms with Gasteiger partial charge < -0.3 is 5.32 Å². The van der Waals surface area contributed by atoms with Gasteiger partial charge in [0.25, 0.3) is 0 Å². The van der Waals surface area contributed by atoms with Crippen LogP contribution in [0.3, 0.4) is 0 Å². The van der Waals surface area contributed by atoms with E-state index in [0.29, 0.717) is 11.5 Å². The highest BCUT2D eigenvalue weighted by atomic mass is 14.9. The Morgan fingerprint density at radius 2 is 2.00 bits per heavy atom. The molecule has 1 aromatic heterocycles. The van der Waals surface area contributed by atoms with E-state index in [0.717, 1.165) is 18.5 Å². The molecule has 0 saturated heterocycles. The number of nitrogens with zero attached hydrogens (tertiary/aromatic N) is 1. The smallest absolute Gasteiger partial charge is 0.0705 e. The van der Waals surface area contributed by atoms with Gasteiger partial charge in [0, 0.05) is 17.6 Å². The third-order valence-electron chi connectivity index (χ3n) is 3.30. The molecule has 2 heteroatoms. The van der Waals surface area contributed by atoms with Gasteiger partial charge >= 0.3 is 0 Å². The van der Waals surface area contributed by atoms with Gasteiger partial charge in [-0.1, -0.05) is 45.9 Å². The number of nitrogens with one attached hydrogen (secondary N) is 1. The van der Waals surface area contributed by atoms with Crippen molar-refractivity contribution in [3.63, 3.8) is 0 Å². The molecule has 0 aliphatic carbocycles. The van der Waals surface area contributed by atoms with E-state index in [-0.39, 0.29) is 0 Å². The molecule has 1 aromatic carbocycles. The lowest BCUT2D eigenvalue weighted by molar-refractivity contribution is 0.314. The molecule has 0 aliphatic rings. The number of hydrogen-bond donors (Lipinski definition) is 1. The molecular weight excluding hydrogens is 232 g/mol. The fourth-order valence-electron chi connectivity index (χ4n) is 2.47. The summed E-state index contributed by atoms with van der Waals surface area (Å²) in [5.41, 5.74) is 2.73. The van der Waals surface area contributed by atoms with Crippen LogP contribution in [0.4, 0.5) is 0 Å². The highest BCUT2D eigenvalue weighted by Crippen LogP contribution is 2.30. The fourth-order valence-corrected chi connectivity index (χ4v) is 2.47. The molecular formula is C17H24N2. The molecule has 102 valence electrons. The lowest BCUT2D eigenvalue weighted by Gasteiger charge is -2.27. The van der Waals surface area contributed by atoms with Crippen molar-refractivity contribution in [3.8, 4) is 0 Å². The molecule has 2 nitrogen and oxygen atoms in total. The van der Waals surface area contributed by atoms with E-state index in [2.05, 4.69) is 62.3 Å². The molecule has 1 unspecified atom stereocenters. The van der Waals surface area contributed by atoms with Crippen molar-refractivity contribution in [1.82, 2.24) is 10.3 Å². The van der Waals surface area contributed by atoms with Crippen LogP contribution < -0.4 is 5.32 Å². The summed E-state index contributed by atoms with van der Waals surface area (Å²) in [5.74, 6) is 0. The minimum absolute atomic E-state index is 0.311. The largest absolute Gasteiger partial charge is 0.310 e. The van der Waals surface area contributed by atoms with Gasteiger partial charge in [0.1, 0.15) is 0 Å². The molecule has 1 atom stereocenters. The summed E-state index contributed by atoms with van der Waals surface area (Å²) >= 11 is 0. The van der Waals surface area contributed by atoms with Gasteiger partial charge in [-0.25, -0.2) is 0 Å². The lowest BCUT2D eigenvalue weighted by atomic mass is 9.85. The predicted octanol–water partition coefficient (Wildman–Crippen LogP) is 4.32. The standard InChI is InChI=1S/C17H24N2/c1-5-18-16(12-17(2,3)4)14-9-8-13-7-6-10-19-15(13)11-14/h6-11,16,18H,5,12H2,1-4H3. The van der Waals surface area contributed by atoms with Crippen molar-refractivity contribution < 1.29 is 0 Å². The van der Waals surface area contributed by atoms with Gasteiger partial charge in [0.15, 0.2) is 0 Å². The second-order valence-corrected chi connectivity index (χ2v) is 6.33. The third kappa shape index (κ3) is 3.77. The monoisotopic (exact) mass is 256 g/mol. The highest BCUT2D eigenvalue weighted by Gasteiger charge is 2.19. The summed E-state index contributed by atoms with van der Waals surface area (Å²) in [6, 6.07) is 11.1. The first kappa shape index (κ1) is 14.0. The van der Waals surface area contributed by atoms with Crippen LogP contribution in [0.1, 0.15) is 45.7 Å². The summed E-state index contributed by atoms with van der Waals surface area (Å²) in [6.45, 7) is 10.0. The first-order valence-corrected chi connectivity index (χ1v) is 7.07. The van der Waals surface area contributed by atoms with Crippen molar-refractivity contribution in [2.45, 2.75) is 40.2 Å². The Bertz CT molecular complexity index is 540. The molecule has 1 N–H and O–H groups in total. The van der Waals surface area contributed by atoms with Crippen LogP contribution in [0.15, 0.2) is 36.5 Å². The SMILES string of the molecule is CCNC(CC(C)(C)C)c1ccc2cccnc2c1. The van der Waals surface area contributed by atoms with Crippen LogP contribution in [0.2, 0.25) is 0 Å². The van der Waals surface area contributed by atoms with Gasteiger partial charge in [0.05, 0.1) is 5.52 Å². The zero-order valence-corrected chi connectivity index (χ0v) is 12.4. The molecule has 0 bridgehead atoms. The zero-order valence-electron chi connectivity index (χ0n) is 12.4. The highest BCUT2D eigenvalue weighted by molar-refractivity contribution is 5.78. The van der Waals surface area contributed by atoms with Crippen molar-refractivity contribution in [2.75, 3.05) is 6.54 Å². The summed E-state index contributed by atoms with van der Waals surface area (Å²) < 4.78 is 0. The third-order valence-corrected chi connectivity index (χ3v) is 3.30. The number of fused-ring (bicyclic) bond motifs is 1. The Morgan fingerprint density at radius 3 is 2.68 bits per heavy atom. The van der Waals surface area contributed by atoms with Crippen LogP contribution in [-0.2, 0) is 0 Å². The van der Waals surface area contributed by atoms with Crippen molar-refractivity contribution in [3.05, 3.63) is 42.1 Å². The van der Waals surface area contributed by atoms with Crippen molar-refractivity contribution >= 4 is 10.9 Å². The van der Waals surface area contributed by atoms with E-state index in [9.17, 15) is 0 Å². The average Bonchev–Trinajstić information content (AvgIpc) is 2.36. The summed E-state index contributed by atoms with van der Waals surface area (Å²) in [4.78, 5) is 4.45. The zero-order chi connectivity index (χ0) is 13.9. The average molecular weight is 256 g/mol. The minimum atomic E-state index is 0.311. The van der Waals surface area contributed by atoms with E-state index in [4.69, 9.17) is 0 Å². The Morgan fingerprint density at radius 1 is 1.21 bits per heavy atom. The molecule has 0 saturated carbocycles. The summed E-state index contributed by atoms with van der Waals surface area (Å²) in [5, 5.41) is 4.80. The molecule has 19 heavy (non-hydrogen) atoms. The van der Waals surface area contributed by atoms with Crippen LogP contribution in [0.25, 0.3) is 10.9 Å². The first-order chi connectivity index (χ1) is 8.99. The molecule has 2 rings (SSSR count). The first-order valence-electron chi connectivity index (χ1n) is 7.07. The van der Waals surface area contributed by atoms with Gasteiger partial charge in [-0.05, 0) is 36.1 Å². The Labute approximate surface area is 116 Å². The van der Waals surface area contributed by atoms with Crippen molar-refractivity contribution in [1.29, 1.82) is 0 Å². The quantitative estimate of drug-likeness (QED) is 0.881. The minimum Gasteiger partial charge on any atom is -0.310 e. The number of rotatable bonds is 4. The number of aromatic nitrogens is 1. The molecule has 0 spiro atoms. The Kier molecular flexibility index (Phi) is 4.20.